The lowest BCUT2D eigenvalue weighted by Gasteiger charge is -2.10. The molecule has 2 heterocycles. The molecule has 0 aliphatic carbocycles. The molecule has 0 spiro atoms. The fourth-order valence-electron chi connectivity index (χ4n) is 2.01. The first-order chi connectivity index (χ1) is 8.75. The molecule has 88 valence electrons. The Morgan fingerprint density at radius 2 is 1.72 bits per heavy atom. The van der Waals surface area contributed by atoms with Crippen molar-refractivity contribution >= 4 is 17.9 Å². The predicted molar refractivity (Wildman–Crippen MR) is 74.0 cm³/mol. The van der Waals surface area contributed by atoms with Gasteiger partial charge in [-0.05, 0) is 31.3 Å². The van der Waals surface area contributed by atoms with Gasteiger partial charge in [0.2, 0.25) is 4.77 Å². The molecule has 3 nitrogen and oxygen atoms in total. The summed E-state index contributed by atoms with van der Waals surface area (Å²) in [5.41, 5.74) is 2.95. The van der Waals surface area contributed by atoms with Gasteiger partial charge in [0.05, 0.1) is 0 Å². The summed E-state index contributed by atoms with van der Waals surface area (Å²) in [6, 6.07) is 16.0. The van der Waals surface area contributed by atoms with Gasteiger partial charge in [0.1, 0.15) is 11.5 Å². The summed E-state index contributed by atoms with van der Waals surface area (Å²) in [6.07, 6.45) is 0. The lowest BCUT2D eigenvalue weighted by molar-refractivity contribution is 0.966. The minimum Gasteiger partial charge on any atom is -0.282 e. The van der Waals surface area contributed by atoms with Crippen molar-refractivity contribution in [3.63, 3.8) is 0 Å². The number of benzene rings is 1. The highest BCUT2D eigenvalue weighted by Crippen LogP contribution is 2.18. The number of aromatic nitrogens is 3. The average Bonchev–Trinajstić information content (AvgIpc) is 2.39. The number of pyridine rings is 1. The summed E-state index contributed by atoms with van der Waals surface area (Å²) in [4.78, 5) is 8.69. The molecule has 0 radical (unpaired) electrons. The molecule has 0 atom stereocenters. The summed E-state index contributed by atoms with van der Waals surface area (Å²) in [7, 11) is 0. The third kappa shape index (κ3) is 1.80. The van der Waals surface area contributed by atoms with Crippen LogP contribution in [0, 0.1) is 11.7 Å². The van der Waals surface area contributed by atoms with Crippen LogP contribution in [0.15, 0.2) is 48.5 Å². The van der Waals surface area contributed by atoms with Gasteiger partial charge in [0.15, 0.2) is 0 Å². The number of rotatable bonds is 1. The zero-order valence-electron chi connectivity index (χ0n) is 9.87. The molecule has 0 unspecified atom stereocenters. The Morgan fingerprint density at radius 1 is 0.944 bits per heavy atom. The van der Waals surface area contributed by atoms with Gasteiger partial charge in [-0.1, -0.05) is 36.4 Å². The molecule has 0 aliphatic rings. The second-order valence-corrected chi connectivity index (χ2v) is 4.42. The molecule has 0 saturated heterocycles. The molecule has 4 heteroatoms. The molecule has 1 aromatic carbocycles. The van der Waals surface area contributed by atoms with Gasteiger partial charge in [-0.3, -0.25) is 4.40 Å². The van der Waals surface area contributed by atoms with Gasteiger partial charge in [0, 0.05) is 11.3 Å². The molecule has 0 saturated carbocycles. The molecular weight excluding hydrogens is 242 g/mol. The Balaban J connectivity index is 2.45. The molecule has 0 amide bonds. The maximum atomic E-state index is 5.13. The zero-order chi connectivity index (χ0) is 12.5. The highest BCUT2D eigenvalue weighted by molar-refractivity contribution is 7.71. The Kier molecular flexibility index (Phi) is 2.64. The van der Waals surface area contributed by atoms with E-state index in [1.807, 2.05) is 59.9 Å². The number of hydrogen-bond donors (Lipinski definition) is 0. The van der Waals surface area contributed by atoms with Crippen LogP contribution >= 0.6 is 12.2 Å². The van der Waals surface area contributed by atoms with Gasteiger partial charge in [-0.2, -0.15) is 4.98 Å². The first-order valence-electron chi connectivity index (χ1n) is 5.67. The van der Waals surface area contributed by atoms with E-state index >= 15 is 0 Å². The first-order valence-corrected chi connectivity index (χ1v) is 6.08. The SMILES string of the molecule is Cc1cccc2nc(=S)nc(-c3ccccc3)n12. The molecule has 0 fully saturated rings. The highest BCUT2D eigenvalue weighted by atomic mass is 32.1. The summed E-state index contributed by atoms with van der Waals surface area (Å²) in [6.45, 7) is 2.03. The van der Waals surface area contributed by atoms with E-state index in [0.29, 0.717) is 4.77 Å². The first kappa shape index (κ1) is 11.0. The van der Waals surface area contributed by atoms with E-state index in [9.17, 15) is 0 Å². The van der Waals surface area contributed by atoms with Crippen LogP contribution in [0.5, 0.6) is 0 Å². The van der Waals surface area contributed by atoms with E-state index in [1.54, 1.807) is 0 Å². The smallest absolute Gasteiger partial charge is 0.223 e. The number of nitrogens with zero attached hydrogens (tertiary/aromatic N) is 3. The van der Waals surface area contributed by atoms with Crippen LogP contribution in [0.3, 0.4) is 0 Å². The zero-order valence-corrected chi connectivity index (χ0v) is 10.7. The van der Waals surface area contributed by atoms with Crippen molar-refractivity contribution in [2.24, 2.45) is 0 Å². The van der Waals surface area contributed by atoms with Crippen LogP contribution in [-0.2, 0) is 0 Å². The van der Waals surface area contributed by atoms with Crippen LogP contribution in [0.25, 0.3) is 17.0 Å². The van der Waals surface area contributed by atoms with Crippen molar-refractivity contribution in [3.8, 4) is 11.4 Å². The largest absolute Gasteiger partial charge is 0.282 e. The normalized spacial score (nSPS) is 10.7. The summed E-state index contributed by atoms with van der Waals surface area (Å²) in [5.74, 6) is 0.837. The summed E-state index contributed by atoms with van der Waals surface area (Å²) >= 11 is 5.13. The van der Waals surface area contributed by atoms with Gasteiger partial charge >= 0.3 is 0 Å². The maximum absolute atomic E-state index is 5.13. The number of fused-ring (bicyclic) bond motifs is 1. The fraction of sp³-hybridized carbons (Fsp3) is 0.0714. The second-order valence-electron chi connectivity index (χ2n) is 4.06. The Bertz CT molecular complexity index is 763. The van der Waals surface area contributed by atoms with Crippen molar-refractivity contribution in [1.29, 1.82) is 0 Å². The molecule has 0 aliphatic heterocycles. The van der Waals surface area contributed by atoms with Crippen LogP contribution in [0.4, 0.5) is 0 Å². The molecule has 3 aromatic rings. The van der Waals surface area contributed by atoms with E-state index in [1.165, 1.54) is 0 Å². The maximum Gasteiger partial charge on any atom is 0.223 e. The lowest BCUT2D eigenvalue weighted by Crippen LogP contribution is -2.03. The van der Waals surface area contributed by atoms with E-state index < -0.39 is 0 Å². The molecular formula is C14H11N3S. The number of hydrogen-bond acceptors (Lipinski definition) is 3. The van der Waals surface area contributed by atoms with Crippen molar-refractivity contribution < 1.29 is 0 Å². The molecule has 3 rings (SSSR count). The predicted octanol–water partition coefficient (Wildman–Crippen LogP) is 3.43. The van der Waals surface area contributed by atoms with E-state index in [0.717, 1.165) is 22.7 Å². The summed E-state index contributed by atoms with van der Waals surface area (Å²) in [5, 5.41) is 0. The van der Waals surface area contributed by atoms with Gasteiger partial charge in [-0.25, -0.2) is 4.98 Å². The van der Waals surface area contributed by atoms with Crippen LogP contribution < -0.4 is 0 Å². The van der Waals surface area contributed by atoms with Gasteiger partial charge in [-0.15, -0.1) is 0 Å². The third-order valence-electron chi connectivity index (χ3n) is 2.82. The number of aryl methyl sites for hydroxylation is 1. The van der Waals surface area contributed by atoms with Crippen molar-refractivity contribution in [3.05, 3.63) is 59.0 Å². The van der Waals surface area contributed by atoms with Crippen LogP contribution in [-0.4, -0.2) is 14.4 Å². The van der Waals surface area contributed by atoms with Crippen LogP contribution in [0.2, 0.25) is 0 Å². The Labute approximate surface area is 110 Å². The second kappa shape index (κ2) is 4.31. The van der Waals surface area contributed by atoms with Crippen LogP contribution in [0.1, 0.15) is 5.69 Å². The van der Waals surface area contributed by atoms with E-state index in [4.69, 9.17) is 12.2 Å². The molecule has 18 heavy (non-hydrogen) atoms. The molecule has 0 bridgehead atoms. The average molecular weight is 253 g/mol. The Hall–Kier alpha value is -2.07. The van der Waals surface area contributed by atoms with E-state index in [2.05, 4.69) is 9.97 Å². The van der Waals surface area contributed by atoms with Crippen molar-refractivity contribution in [1.82, 2.24) is 14.4 Å². The minimum absolute atomic E-state index is 0.374. The van der Waals surface area contributed by atoms with Gasteiger partial charge in [0.25, 0.3) is 0 Å². The lowest BCUT2D eigenvalue weighted by atomic mass is 10.2. The quantitative estimate of drug-likeness (QED) is 0.622. The van der Waals surface area contributed by atoms with Crippen molar-refractivity contribution in [2.75, 3.05) is 0 Å². The topological polar surface area (TPSA) is 30.2 Å². The minimum atomic E-state index is 0.374. The monoisotopic (exact) mass is 253 g/mol. The molecule has 0 N–H and O–H groups in total. The van der Waals surface area contributed by atoms with Gasteiger partial charge < -0.3 is 0 Å². The third-order valence-corrected chi connectivity index (χ3v) is 3.00. The standard InChI is InChI=1S/C14H11N3S/c1-10-6-5-9-12-15-14(18)16-13(17(10)12)11-7-3-2-4-8-11/h2-9H,1H3. The van der Waals surface area contributed by atoms with Crippen molar-refractivity contribution in [2.45, 2.75) is 6.92 Å². The van der Waals surface area contributed by atoms with E-state index in [-0.39, 0.29) is 0 Å². The molecule has 2 aromatic heterocycles. The summed E-state index contributed by atoms with van der Waals surface area (Å²) < 4.78 is 2.39. The Morgan fingerprint density at radius 3 is 2.50 bits per heavy atom. The highest BCUT2D eigenvalue weighted by Gasteiger charge is 2.07. The fourth-order valence-corrected chi connectivity index (χ4v) is 2.19.